The van der Waals surface area contributed by atoms with Gasteiger partial charge in [0.1, 0.15) is 0 Å². The maximum absolute atomic E-state index is 5.44. The summed E-state index contributed by atoms with van der Waals surface area (Å²) in [6.07, 6.45) is 4.58. The molecule has 0 aromatic heterocycles. The molecule has 0 amide bonds. The molecule has 0 aromatic rings. The lowest BCUT2D eigenvalue weighted by molar-refractivity contribution is 0.0135. The van der Waals surface area contributed by atoms with Gasteiger partial charge in [0.15, 0.2) is 0 Å². The number of ether oxygens (including phenoxy) is 3. The molecule has 0 fully saturated rings. The molecule has 1 unspecified atom stereocenters. The van der Waals surface area contributed by atoms with Gasteiger partial charge in [-0.2, -0.15) is 0 Å². The lowest BCUT2D eigenvalue weighted by Gasteiger charge is -2.07. The van der Waals surface area contributed by atoms with E-state index in [0.717, 1.165) is 32.5 Å². The third-order valence-electron chi connectivity index (χ3n) is 2.28. The van der Waals surface area contributed by atoms with Crippen LogP contribution in [0.3, 0.4) is 0 Å². The molecule has 0 rings (SSSR count). The third-order valence-corrected chi connectivity index (χ3v) is 2.73. The molecule has 0 aromatic carbocycles. The molecule has 0 bridgehead atoms. The van der Waals surface area contributed by atoms with Gasteiger partial charge in [-0.1, -0.05) is 36.2 Å². The number of halogens is 1. The molecular formula is C13H27BrO3. The predicted octanol–water partition coefficient (Wildman–Crippen LogP) is 3.40. The van der Waals surface area contributed by atoms with Gasteiger partial charge in [-0.25, -0.2) is 0 Å². The van der Waals surface area contributed by atoms with Gasteiger partial charge in [-0.3, -0.25) is 0 Å². The Morgan fingerprint density at radius 1 is 0.824 bits per heavy atom. The van der Waals surface area contributed by atoms with E-state index in [1.165, 1.54) is 6.42 Å². The van der Waals surface area contributed by atoms with Gasteiger partial charge in [-0.05, 0) is 19.3 Å². The Kier molecular flexibility index (Phi) is 14.7. The van der Waals surface area contributed by atoms with Crippen molar-refractivity contribution in [3.8, 4) is 0 Å². The van der Waals surface area contributed by atoms with Crippen LogP contribution >= 0.6 is 15.9 Å². The summed E-state index contributed by atoms with van der Waals surface area (Å²) in [7, 11) is 0. The highest BCUT2D eigenvalue weighted by atomic mass is 79.9. The molecule has 0 heterocycles. The molecule has 0 saturated carbocycles. The quantitative estimate of drug-likeness (QED) is 0.385. The Morgan fingerprint density at radius 2 is 1.29 bits per heavy atom. The van der Waals surface area contributed by atoms with Crippen LogP contribution in [0.25, 0.3) is 0 Å². The van der Waals surface area contributed by atoms with Crippen molar-refractivity contribution in [2.75, 3.05) is 39.6 Å². The maximum Gasteiger partial charge on any atom is 0.0701 e. The van der Waals surface area contributed by atoms with E-state index in [1.807, 2.05) is 0 Å². The molecular weight excluding hydrogens is 284 g/mol. The van der Waals surface area contributed by atoms with Crippen LogP contribution in [0.5, 0.6) is 0 Å². The van der Waals surface area contributed by atoms with Gasteiger partial charge in [0.25, 0.3) is 0 Å². The number of rotatable bonds is 13. The standard InChI is InChI=1S/C13H27BrO3/c1-3-4-7-15-9-11-17-12-10-16-8-5-6-13(2)14/h13H,3-12H2,1-2H3. The van der Waals surface area contributed by atoms with E-state index < -0.39 is 0 Å². The fourth-order valence-electron chi connectivity index (χ4n) is 1.25. The van der Waals surface area contributed by atoms with Crippen molar-refractivity contribution in [1.29, 1.82) is 0 Å². The van der Waals surface area contributed by atoms with Gasteiger partial charge in [0.2, 0.25) is 0 Å². The van der Waals surface area contributed by atoms with Gasteiger partial charge in [0, 0.05) is 18.0 Å². The second kappa shape index (κ2) is 14.4. The fourth-order valence-corrected chi connectivity index (χ4v) is 1.58. The van der Waals surface area contributed by atoms with Crippen LogP contribution < -0.4 is 0 Å². The number of hydrogen-bond donors (Lipinski definition) is 0. The molecule has 0 spiro atoms. The van der Waals surface area contributed by atoms with Crippen molar-refractivity contribution in [2.45, 2.75) is 44.4 Å². The van der Waals surface area contributed by atoms with Crippen LogP contribution in [0.2, 0.25) is 0 Å². The van der Waals surface area contributed by atoms with E-state index >= 15 is 0 Å². The number of hydrogen-bond acceptors (Lipinski definition) is 3. The minimum Gasteiger partial charge on any atom is -0.379 e. The summed E-state index contributed by atoms with van der Waals surface area (Å²) >= 11 is 3.51. The first kappa shape index (κ1) is 17.4. The monoisotopic (exact) mass is 310 g/mol. The maximum atomic E-state index is 5.44. The fraction of sp³-hybridized carbons (Fsp3) is 1.00. The Morgan fingerprint density at radius 3 is 1.76 bits per heavy atom. The van der Waals surface area contributed by atoms with E-state index in [1.54, 1.807) is 0 Å². The molecule has 0 aliphatic rings. The van der Waals surface area contributed by atoms with Crippen molar-refractivity contribution < 1.29 is 14.2 Å². The molecule has 104 valence electrons. The molecule has 4 heteroatoms. The van der Waals surface area contributed by atoms with E-state index in [0.29, 0.717) is 31.3 Å². The van der Waals surface area contributed by atoms with Crippen molar-refractivity contribution in [1.82, 2.24) is 0 Å². The largest absolute Gasteiger partial charge is 0.379 e. The summed E-state index contributed by atoms with van der Waals surface area (Å²) in [5.41, 5.74) is 0. The molecule has 0 aliphatic heterocycles. The molecule has 0 N–H and O–H groups in total. The topological polar surface area (TPSA) is 27.7 Å². The number of unbranched alkanes of at least 4 members (excludes halogenated alkanes) is 1. The first-order valence-corrected chi connectivity index (χ1v) is 7.56. The van der Waals surface area contributed by atoms with Crippen LogP contribution in [-0.2, 0) is 14.2 Å². The summed E-state index contributed by atoms with van der Waals surface area (Å²) in [5.74, 6) is 0. The highest BCUT2D eigenvalue weighted by molar-refractivity contribution is 9.09. The van der Waals surface area contributed by atoms with Crippen molar-refractivity contribution in [2.24, 2.45) is 0 Å². The van der Waals surface area contributed by atoms with Gasteiger partial charge in [0.05, 0.1) is 26.4 Å². The molecule has 1 atom stereocenters. The third kappa shape index (κ3) is 16.4. The lowest BCUT2D eigenvalue weighted by atomic mass is 10.3. The zero-order valence-corrected chi connectivity index (χ0v) is 12.8. The average Bonchev–Trinajstić information content (AvgIpc) is 2.30. The normalized spacial score (nSPS) is 12.9. The zero-order chi connectivity index (χ0) is 12.8. The van der Waals surface area contributed by atoms with Crippen LogP contribution in [0.15, 0.2) is 0 Å². The first-order valence-electron chi connectivity index (χ1n) is 6.64. The predicted molar refractivity (Wildman–Crippen MR) is 75.0 cm³/mol. The zero-order valence-electron chi connectivity index (χ0n) is 11.3. The van der Waals surface area contributed by atoms with E-state index in [4.69, 9.17) is 14.2 Å². The van der Waals surface area contributed by atoms with E-state index in [2.05, 4.69) is 29.8 Å². The summed E-state index contributed by atoms with van der Waals surface area (Å²) in [4.78, 5) is 0.586. The highest BCUT2D eigenvalue weighted by Crippen LogP contribution is 2.05. The summed E-state index contributed by atoms with van der Waals surface area (Å²) < 4.78 is 16.2. The molecule has 0 aliphatic carbocycles. The van der Waals surface area contributed by atoms with Crippen molar-refractivity contribution in [3.05, 3.63) is 0 Å². The smallest absolute Gasteiger partial charge is 0.0701 e. The number of alkyl halides is 1. The summed E-state index contributed by atoms with van der Waals surface area (Å²) in [6, 6.07) is 0. The summed E-state index contributed by atoms with van der Waals surface area (Å²) in [5, 5.41) is 0. The SMILES string of the molecule is CCCCOCCOCCOCCCC(C)Br. The van der Waals surface area contributed by atoms with Crippen molar-refractivity contribution in [3.63, 3.8) is 0 Å². The Labute approximate surface area is 114 Å². The van der Waals surface area contributed by atoms with Crippen LogP contribution in [-0.4, -0.2) is 44.5 Å². The lowest BCUT2D eigenvalue weighted by Crippen LogP contribution is -2.10. The molecule has 0 radical (unpaired) electrons. The second-order valence-electron chi connectivity index (χ2n) is 4.11. The van der Waals surface area contributed by atoms with Crippen molar-refractivity contribution >= 4 is 15.9 Å². The minimum atomic E-state index is 0.586. The second-order valence-corrected chi connectivity index (χ2v) is 5.68. The van der Waals surface area contributed by atoms with Crippen LogP contribution in [0.1, 0.15) is 39.5 Å². The minimum absolute atomic E-state index is 0.586. The van der Waals surface area contributed by atoms with Gasteiger partial charge >= 0.3 is 0 Å². The van der Waals surface area contributed by atoms with E-state index in [9.17, 15) is 0 Å². The van der Waals surface area contributed by atoms with Gasteiger partial charge in [-0.15, -0.1) is 0 Å². The molecule has 17 heavy (non-hydrogen) atoms. The Bertz CT molecular complexity index is 143. The highest BCUT2D eigenvalue weighted by Gasteiger charge is 1.95. The van der Waals surface area contributed by atoms with Crippen LogP contribution in [0.4, 0.5) is 0 Å². The Balaban J connectivity index is 2.89. The van der Waals surface area contributed by atoms with Crippen LogP contribution in [0, 0.1) is 0 Å². The summed E-state index contributed by atoms with van der Waals surface area (Å²) in [6.45, 7) is 8.71. The average molecular weight is 311 g/mol. The van der Waals surface area contributed by atoms with Gasteiger partial charge < -0.3 is 14.2 Å². The Hall–Kier alpha value is 0.360. The van der Waals surface area contributed by atoms with E-state index in [-0.39, 0.29) is 0 Å². The molecule has 0 saturated heterocycles. The first-order chi connectivity index (χ1) is 8.27. The molecule has 3 nitrogen and oxygen atoms in total.